The summed E-state index contributed by atoms with van der Waals surface area (Å²) in [5.41, 5.74) is 5.68. The van der Waals surface area contributed by atoms with E-state index in [2.05, 4.69) is 62.1 Å². The van der Waals surface area contributed by atoms with Crippen molar-refractivity contribution in [1.29, 1.82) is 5.26 Å². The molecule has 3 heteroatoms. The molecule has 25 heavy (non-hydrogen) atoms. The van der Waals surface area contributed by atoms with Crippen LogP contribution in [0.5, 0.6) is 5.75 Å². The maximum atomic E-state index is 9.02. The number of anilines is 1. The Morgan fingerprint density at radius 3 is 2.48 bits per heavy atom. The lowest BCUT2D eigenvalue weighted by Gasteiger charge is -2.30. The van der Waals surface area contributed by atoms with Crippen LogP contribution in [0.25, 0.3) is 0 Å². The van der Waals surface area contributed by atoms with E-state index < -0.39 is 0 Å². The molecule has 0 N–H and O–H groups in total. The van der Waals surface area contributed by atoms with E-state index in [0.29, 0.717) is 5.56 Å². The van der Waals surface area contributed by atoms with Crippen molar-refractivity contribution >= 4 is 5.69 Å². The molecule has 0 aliphatic carbocycles. The van der Waals surface area contributed by atoms with Crippen LogP contribution in [0, 0.1) is 11.3 Å². The summed E-state index contributed by atoms with van der Waals surface area (Å²) in [7, 11) is 1.71. The highest BCUT2D eigenvalue weighted by atomic mass is 16.5. The zero-order valence-corrected chi connectivity index (χ0v) is 15.3. The Morgan fingerprint density at radius 2 is 1.92 bits per heavy atom. The summed E-state index contributed by atoms with van der Waals surface area (Å²) >= 11 is 0. The molecule has 1 unspecified atom stereocenters. The monoisotopic (exact) mass is 332 g/mol. The van der Waals surface area contributed by atoms with Gasteiger partial charge in [0.15, 0.2) is 0 Å². The second kappa shape index (κ2) is 6.64. The van der Waals surface area contributed by atoms with E-state index in [1.807, 2.05) is 18.2 Å². The number of fused-ring (bicyclic) bond motifs is 1. The highest BCUT2D eigenvalue weighted by Gasteiger charge is 2.43. The lowest BCUT2D eigenvalue weighted by Crippen LogP contribution is -2.30. The molecule has 3 nitrogen and oxygen atoms in total. The van der Waals surface area contributed by atoms with Crippen LogP contribution in [-0.2, 0) is 11.8 Å². The van der Waals surface area contributed by atoms with Gasteiger partial charge in [-0.05, 0) is 68.7 Å². The number of rotatable bonds is 4. The van der Waals surface area contributed by atoms with Gasteiger partial charge in [-0.25, -0.2) is 0 Å². The number of benzene rings is 2. The first-order valence-electron chi connectivity index (χ1n) is 8.69. The standard InChI is InChI=1S/C22H24N2O/c1-5-21-22(3,14-16-7-9-17(15-23)10-8-16)19-13-18(25-4)11-12-20(19)24(21)6-2/h5,7-13H,6,14H2,1-4H3/b21-5-. The van der Waals surface area contributed by atoms with Gasteiger partial charge in [-0.1, -0.05) is 18.2 Å². The van der Waals surface area contributed by atoms with Crippen molar-refractivity contribution in [3.8, 4) is 11.8 Å². The van der Waals surface area contributed by atoms with Gasteiger partial charge in [0.25, 0.3) is 0 Å². The second-order valence-electron chi connectivity index (χ2n) is 6.62. The van der Waals surface area contributed by atoms with Crippen LogP contribution in [0.15, 0.2) is 54.2 Å². The van der Waals surface area contributed by atoms with Gasteiger partial charge >= 0.3 is 0 Å². The third-order valence-electron chi connectivity index (χ3n) is 5.18. The van der Waals surface area contributed by atoms with E-state index in [-0.39, 0.29) is 5.41 Å². The molecular weight excluding hydrogens is 308 g/mol. The van der Waals surface area contributed by atoms with Crippen molar-refractivity contribution in [3.05, 3.63) is 70.9 Å². The van der Waals surface area contributed by atoms with Crippen LogP contribution in [0.1, 0.15) is 37.5 Å². The van der Waals surface area contributed by atoms with E-state index in [9.17, 15) is 0 Å². The average Bonchev–Trinajstić information content (AvgIpc) is 2.89. The molecule has 0 spiro atoms. The van der Waals surface area contributed by atoms with Crippen LogP contribution in [0.3, 0.4) is 0 Å². The van der Waals surface area contributed by atoms with Gasteiger partial charge in [0.2, 0.25) is 0 Å². The van der Waals surface area contributed by atoms with Crippen molar-refractivity contribution in [2.75, 3.05) is 18.6 Å². The van der Waals surface area contributed by atoms with Crippen molar-refractivity contribution in [2.45, 2.75) is 32.6 Å². The molecule has 0 radical (unpaired) electrons. The van der Waals surface area contributed by atoms with Gasteiger partial charge in [-0.3, -0.25) is 0 Å². The Balaban J connectivity index is 2.10. The number of nitrogens with zero attached hydrogens (tertiary/aromatic N) is 2. The predicted octanol–water partition coefficient (Wildman–Crippen LogP) is 4.81. The SMILES string of the molecule is C/C=C1\N(CC)c2ccc(OC)cc2C1(C)Cc1ccc(C#N)cc1. The number of allylic oxidation sites excluding steroid dienone is 2. The number of nitriles is 1. The van der Waals surface area contributed by atoms with Gasteiger partial charge in [0.1, 0.15) is 5.75 Å². The molecule has 128 valence electrons. The Hall–Kier alpha value is -2.73. The molecule has 3 rings (SSSR count). The molecule has 0 bridgehead atoms. The normalized spacial score (nSPS) is 20.4. The smallest absolute Gasteiger partial charge is 0.119 e. The van der Waals surface area contributed by atoms with Crippen molar-refractivity contribution < 1.29 is 4.74 Å². The van der Waals surface area contributed by atoms with Crippen LogP contribution >= 0.6 is 0 Å². The molecule has 0 saturated carbocycles. The maximum Gasteiger partial charge on any atom is 0.119 e. The number of hydrogen-bond donors (Lipinski definition) is 0. The summed E-state index contributed by atoms with van der Waals surface area (Å²) < 4.78 is 5.48. The first-order valence-corrected chi connectivity index (χ1v) is 8.69. The largest absolute Gasteiger partial charge is 0.497 e. The zero-order valence-electron chi connectivity index (χ0n) is 15.3. The van der Waals surface area contributed by atoms with Crippen LogP contribution < -0.4 is 9.64 Å². The summed E-state index contributed by atoms with van der Waals surface area (Å²) in [6.45, 7) is 7.53. The molecule has 0 fully saturated rings. The van der Waals surface area contributed by atoms with Gasteiger partial charge < -0.3 is 9.64 Å². The average molecular weight is 332 g/mol. The molecule has 1 heterocycles. The molecular formula is C22H24N2O. The number of methoxy groups -OCH3 is 1. The quantitative estimate of drug-likeness (QED) is 0.806. The third-order valence-corrected chi connectivity index (χ3v) is 5.18. The van der Waals surface area contributed by atoms with Gasteiger partial charge in [0.05, 0.1) is 18.7 Å². The second-order valence-corrected chi connectivity index (χ2v) is 6.62. The molecule has 2 aromatic rings. The van der Waals surface area contributed by atoms with Gasteiger partial charge in [-0.2, -0.15) is 5.26 Å². The summed E-state index contributed by atoms with van der Waals surface area (Å²) in [4.78, 5) is 2.39. The van der Waals surface area contributed by atoms with Crippen molar-refractivity contribution in [3.63, 3.8) is 0 Å². The van der Waals surface area contributed by atoms with E-state index in [4.69, 9.17) is 10.00 Å². The molecule has 0 amide bonds. The molecule has 1 aliphatic rings. The first kappa shape index (κ1) is 17.1. The zero-order chi connectivity index (χ0) is 18.0. The lowest BCUT2D eigenvalue weighted by molar-refractivity contribution is 0.413. The van der Waals surface area contributed by atoms with Crippen LogP contribution in [-0.4, -0.2) is 13.7 Å². The number of likely N-dealkylation sites (N-methyl/N-ethyl adjacent to an activating group) is 1. The van der Waals surface area contributed by atoms with Gasteiger partial charge in [-0.15, -0.1) is 0 Å². The van der Waals surface area contributed by atoms with Gasteiger partial charge in [0, 0.05) is 23.3 Å². The summed E-state index contributed by atoms with van der Waals surface area (Å²) in [5.74, 6) is 0.887. The van der Waals surface area contributed by atoms with Crippen molar-refractivity contribution in [2.24, 2.45) is 0 Å². The van der Waals surface area contributed by atoms with E-state index in [1.165, 1.54) is 22.5 Å². The number of hydrogen-bond acceptors (Lipinski definition) is 3. The summed E-state index contributed by atoms with van der Waals surface area (Å²) in [6, 6.07) is 16.5. The van der Waals surface area contributed by atoms with Crippen molar-refractivity contribution in [1.82, 2.24) is 0 Å². The topological polar surface area (TPSA) is 36.3 Å². The Morgan fingerprint density at radius 1 is 1.20 bits per heavy atom. The first-order chi connectivity index (χ1) is 12.1. The van der Waals surface area contributed by atoms with E-state index in [1.54, 1.807) is 7.11 Å². The fraction of sp³-hybridized carbons (Fsp3) is 0.318. The molecule has 1 atom stereocenters. The van der Waals surface area contributed by atoms with E-state index >= 15 is 0 Å². The van der Waals surface area contributed by atoms with E-state index in [0.717, 1.165) is 18.7 Å². The molecule has 2 aromatic carbocycles. The fourth-order valence-electron chi connectivity index (χ4n) is 3.99. The van der Waals surface area contributed by atoms with Crippen LogP contribution in [0.4, 0.5) is 5.69 Å². The molecule has 1 aliphatic heterocycles. The highest BCUT2D eigenvalue weighted by molar-refractivity contribution is 5.72. The third kappa shape index (κ3) is 2.78. The predicted molar refractivity (Wildman–Crippen MR) is 102 cm³/mol. The minimum absolute atomic E-state index is 0.122. The lowest BCUT2D eigenvalue weighted by atomic mass is 9.76. The minimum atomic E-state index is -0.122. The number of ether oxygens (including phenoxy) is 1. The van der Waals surface area contributed by atoms with Crippen LogP contribution in [0.2, 0.25) is 0 Å². The maximum absolute atomic E-state index is 9.02. The Labute approximate surface area is 150 Å². The highest BCUT2D eigenvalue weighted by Crippen LogP contribution is 2.50. The Kier molecular flexibility index (Phi) is 4.55. The molecule has 0 aromatic heterocycles. The summed E-state index contributed by atoms with van der Waals surface area (Å²) in [6.07, 6.45) is 3.11. The Bertz CT molecular complexity index is 845. The minimum Gasteiger partial charge on any atom is -0.497 e. The molecule has 0 saturated heterocycles. The fourth-order valence-corrected chi connectivity index (χ4v) is 3.99. The summed E-state index contributed by atoms with van der Waals surface area (Å²) in [5, 5.41) is 9.02.